The number of rotatable bonds is 5. The van der Waals surface area contributed by atoms with Crippen LogP contribution in [-0.4, -0.2) is 12.8 Å². The molecule has 150 valence electrons. The van der Waals surface area contributed by atoms with Crippen molar-refractivity contribution in [3.63, 3.8) is 0 Å². The van der Waals surface area contributed by atoms with Gasteiger partial charge in [0.25, 0.3) is 0 Å². The number of hydrazone groups is 1. The van der Waals surface area contributed by atoms with Crippen LogP contribution in [0.3, 0.4) is 0 Å². The predicted molar refractivity (Wildman–Crippen MR) is 132 cm³/mol. The van der Waals surface area contributed by atoms with Crippen molar-refractivity contribution in [3.8, 4) is 0 Å². The van der Waals surface area contributed by atoms with Crippen molar-refractivity contribution in [2.24, 2.45) is 5.10 Å². The van der Waals surface area contributed by atoms with E-state index >= 15 is 0 Å². The average molecular weight is 402 g/mol. The summed E-state index contributed by atoms with van der Waals surface area (Å²) in [4.78, 5) is 2.33. The number of anilines is 4. The van der Waals surface area contributed by atoms with Crippen molar-refractivity contribution in [1.82, 2.24) is 0 Å². The number of benzene rings is 4. The average Bonchev–Trinajstić information content (AvgIpc) is 2.85. The Labute approximate surface area is 183 Å². The molecule has 0 aromatic heterocycles. The minimum absolute atomic E-state index is 0.875. The fourth-order valence-electron chi connectivity index (χ4n) is 3.81. The molecule has 0 fully saturated rings. The van der Waals surface area contributed by atoms with E-state index in [-0.39, 0.29) is 0 Å². The highest BCUT2D eigenvalue weighted by atomic mass is 15.5. The molecule has 4 aromatic carbocycles. The monoisotopic (exact) mass is 401 g/mol. The lowest BCUT2D eigenvalue weighted by atomic mass is 10.0. The van der Waals surface area contributed by atoms with E-state index in [1.54, 1.807) is 0 Å². The summed E-state index contributed by atoms with van der Waals surface area (Å²) in [5.74, 6) is 0. The van der Waals surface area contributed by atoms with E-state index in [2.05, 4.69) is 89.8 Å². The second-order valence-electron chi connectivity index (χ2n) is 7.39. The second-order valence-corrected chi connectivity index (χ2v) is 7.39. The molecule has 0 spiro atoms. The van der Waals surface area contributed by atoms with Crippen LogP contribution in [0.1, 0.15) is 11.1 Å². The number of para-hydroxylation sites is 3. The third kappa shape index (κ3) is 4.12. The molecular weight excluding hydrogens is 378 g/mol. The molecule has 0 N–H and O–H groups in total. The summed E-state index contributed by atoms with van der Waals surface area (Å²) >= 11 is 0. The van der Waals surface area contributed by atoms with Crippen LogP contribution < -0.4 is 9.91 Å². The fourth-order valence-corrected chi connectivity index (χ4v) is 3.81. The zero-order valence-electron chi connectivity index (χ0n) is 17.2. The van der Waals surface area contributed by atoms with Gasteiger partial charge in [-0.2, -0.15) is 5.10 Å². The van der Waals surface area contributed by atoms with Gasteiger partial charge in [0.05, 0.1) is 17.6 Å². The largest absolute Gasteiger partial charge is 0.337 e. The van der Waals surface area contributed by atoms with Crippen molar-refractivity contribution in [3.05, 3.63) is 126 Å². The van der Waals surface area contributed by atoms with Gasteiger partial charge in [0.2, 0.25) is 0 Å². The molecule has 31 heavy (non-hydrogen) atoms. The van der Waals surface area contributed by atoms with Gasteiger partial charge in [0, 0.05) is 17.9 Å². The first-order chi connectivity index (χ1) is 15.4. The standard InChI is InChI=1S/C28H23N3/c1-4-12-25(13-5-1)30-20-10-11-24-21-23(18-19-28(24)30)22-29-31(26-14-6-2-7-15-26)27-16-8-3-9-17-27/h1-19,21-22H,20H2. The van der Waals surface area contributed by atoms with Crippen LogP contribution in [0.2, 0.25) is 0 Å². The zero-order valence-corrected chi connectivity index (χ0v) is 17.2. The van der Waals surface area contributed by atoms with Crippen molar-refractivity contribution >= 4 is 35.0 Å². The maximum absolute atomic E-state index is 4.83. The third-order valence-electron chi connectivity index (χ3n) is 5.32. The van der Waals surface area contributed by atoms with E-state index in [1.165, 1.54) is 16.9 Å². The lowest BCUT2D eigenvalue weighted by Gasteiger charge is -2.28. The van der Waals surface area contributed by atoms with E-state index in [0.29, 0.717) is 0 Å². The summed E-state index contributed by atoms with van der Waals surface area (Å²) in [7, 11) is 0. The molecule has 0 amide bonds. The maximum atomic E-state index is 4.83. The molecule has 4 aromatic rings. The molecule has 0 saturated heterocycles. The Kier molecular flexibility index (Phi) is 5.31. The van der Waals surface area contributed by atoms with Crippen molar-refractivity contribution in [2.45, 2.75) is 0 Å². The van der Waals surface area contributed by atoms with Gasteiger partial charge < -0.3 is 4.90 Å². The van der Waals surface area contributed by atoms with Gasteiger partial charge in [-0.25, -0.2) is 5.01 Å². The second kappa shape index (κ2) is 8.72. The number of hydrogen-bond acceptors (Lipinski definition) is 3. The van der Waals surface area contributed by atoms with Crippen molar-refractivity contribution in [1.29, 1.82) is 0 Å². The predicted octanol–water partition coefficient (Wildman–Crippen LogP) is 7.02. The highest BCUT2D eigenvalue weighted by Crippen LogP contribution is 2.33. The van der Waals surface area contributed by atoms with Gasteiger partial charge in [-0.1, -0.05) is 72.8 Å². The number of hydrogen-bond donors (Lipinski definition) is 0. The van der Waals surface area contributed by atoms with Gasteiger partial charge in [0.1, 0.15) is 0 Å². The normalized spacial score (nSPS) is 12.7. The van der Waals surface area contributed by atoms with Crippen molar-refractivity contribution in [2.75, 3.05) is 16.5 Å². The van der Waals surface area contributed by atoms with Crippen LogP contribution in [0.5, 0.6) is 0 Å². The molecule has 0 unspecified atom stereocenters. The van der Waals surface area contributed by atoms with Gasteiger partial charge >= 0.3 is 0 Å². The summed E-state index contributed by atoms with van der Waals surface area (Å²) in [5.41, 5.74) is 6.74. The highest BCUT2D eigenvalue weighted by Gasteiger charge is 2.15. The Bertz CT molecular complexity index is 1160. The first-order valence-corrected chi connectivity index (χ1v) is 10.5. The minimum atomic E-state index is 0.875. The Morgan fingerprint density at radius 2 is 1.32 bits per heavy atom. The van der Waals surface area contributed by atoms with E-state index in [9.17, 15) is 0 Å². The van der Waals surface area contributed by atoms with Gasteiger partial charge in [-0.05, 0) is 59.7 Å². The molecule has 5 rings (SSSR count). The van der Waals surface area contributed by atoms with Gasteiger partial charge in [-0.15, -0.1) is 0 Å². The highest BCUT2D eigenvalue weighted by molar-refractivity contribution is 5.87. The van der Waals surface area contributed by atoms with Crippen LogP contribution in [0, 0.1) is 0 Å². The summed E-state index contributed by atoms with van der Waals surface area (Å²) in [6.07, 6.45) is 6.32. The van der Waals surface area contributed by atoms with Gasteiger partial charge in [-0.3, -0.25) is 0 Å². The molecule has 3 heteroatoms. The van der Waals surface area contributed by atoms with Crippen LogP contribution in [0.4, 0.5) is 22.7 Å². The quantitative estimate of drug-likeness (QED) is 0.264. The Morgan fingerprint density at radius 3 is 1.97 bits per heavy atom. The summed E-state index contributed by atoms with van der Waals surface area (Å²) < 4.78 is 0. The molecule has 3 nitrogen and oxygen atoms in total. The zero-order chi connectivity index (χ0) is 20.9. The molecular formula is C28H23N3. The molecule has 1 heterocycles. The molecule has 0 atom stereocenters. The maximum Gasteiger partial charge on any atom is 0.0652 e. The molecule has 1 aliphatic rings. The van der Waals surface area contributed by atoms with E-state index in [0.717, 1.165) is 23.5 Å². The Hall–Kier alpha value is -4.11. The molecule has 1 aliphatic heterocycles. The topological polar surface area (TPSA) is 18.8 Å². The Morgan fingerprint density at radius 1 is 0.710 bits per heavy atom. The smallest absolute Gasteiger partial charge is 0.0652 e. The van der Waals surface area contributed by atoms with Gasteiger partial charge in [0.15, 0.2) is 0 Å². The first kappa shape index (κ1) is 18.9. The van der Waals surface area contributed by atoms with E-state index in [1.807, 2.05) is 47.6 Å². The lowest BCUT2D eigenvalue weighted by molar-refractivity contribution is 1.08. The number of fused-ring (bicyclic) bond motifs is 1. The molecule has 0 aliphatic carbocycles. The minimum Gasteiger partial charge on any atom is -0.337 e. The SMILES string of the molecule is C1=Cc2cc(C=NN(c3ccccc3)c3ccccc3)ccc2N(c2ccccc2)C1. The van der Waals surface area contributed by atoms with Crippen LogP contribution in [0.25, 0.3) is 6.08 Å². The van der Waals surface area contributed by atoms with E-state index < -0.39 is 0 Å². The Balaban J connectivity index is 1.46. The number of nitrogens with zero attached hydrogens (tertiary/aromatic N) is 3. The molecule has 0 saturated carbocycles. The summed E-state index contributed by atoms with van der Waals surface area (Å²) in [6, 6.07) is 37.4. The first-order valence-electron chi connectivity index (χ1n) is 10.5. The van der Waals surface area contributed by atoms with E-state index in [4.69, 9.17) is 5.10 Å². The third-order valence-corrected chi connectivity index (χ3v) is 5.32. The van der Waals surface area contributed by atoms with Crippen molar-refractivity contribution < 1.29 is 0 Å². The lowest BCUT2D eigenvalue weighted by Crippen LogP contribution is -2.20. The van der Waals surface area contributed by atoms with Crippen LogP contribution in [-0.2, 0) is 0 Å². The fraction of sp³-hybridized carbons (Fsp3) is 0.0357. The molecule has 0 bridgehead atoms. The van der Waals surface area contributed by atoms with Crippen LogP contribution in [0.15, 0.2) is 120 Å². The molecule has 0 radical (unpaired) electrons. The summed E-state index contributed by atoms with van der Waals surface area (Å²) in [6.45, 7) is 0.875. The summed E-state index contributed by atoms with van der Waals surface area (Å²) in [5, 5.41) is 6.80. The van der Waals surface area contributed by atoms with Crippen LogP contribution >= 0.6 is 0 Å².